The second kappa shape index (κ2) is 5.24. The summed E-state index contributed by atoms with van der Waals surface area (Å²) in [6.45, 7) is 1.67. The molecule has 0 spiro atoms. The van der Waals surface area contributed by atoms with E-state index in [0.717, 1.165) is 0 Å². The van der Waals surface area contributed by atoms with Gasteiger partial charge in [-0.2, -0.15) is 0 Å². The van der Waals surface area contributed by atoms with E-state index in [9.17, 15) is 14.4 Å². The summed E-state index contributed by atoms with van der Waals surface area (Å²) >= 11 is 0. The van der Waals surface area contributed by atoms with E-state index in [0.29, 0.717) is 12.8 Å². The maximum atomic E-state index is 11.5. The lowest BCUT2D eigenvalue weighted by Gasteiger charge is -2.19. The third kappa shape index (κ3) is 3.35. The molecule has 0 aromatic carbocycles. The molecule has 1 rings (SSSR count). The summed E-state index contributed by atoms with van der Waals surface area (Å²) < 4.78 is 0. The van der Waals surface area contributed by atoms with Crippen LogP contribution in [-0.4, -0.2) is 54.6 Å². The van der Waals surface area contributed by atoms with E-state index >= 15 is 0 Å². The molecule has 1 aliphatic rings. The molecular weight excluding hydrogens is 238 g/mol. The molecule has 102 valence electrons. The van der Waals surface area contributed by atoms with Crippen LogP contribution in [0.25, 0.3) is 0 Å². The van der Waals surface area contributed by atoms with Gasteiger partial charge in [0.05, 0.1) is 5.41 Å². The number of nitrogens with zero attached hydrogens (tertiary/aromatic N) is 1. The first-order chi connectivity index (χ1) is 8.28. The van der Waals surface area contributed by atoms with Crippen LogP contribution in [0, 0.1) is 5.41 Å². The molecule has 3 N–H and O–H groups in total. The highest BCUT2D eigenvalue weighted by Crippen LogP contribution is 2.45. The van der Waals surface area contributed by atoms with Crippen LogP contribution in [0.2, 0.25) is 0 Å². The number of amides is 3. The van der Waals surface area contributed by atoms with E-state index in [-0.39, 0.29) is 12.5 Å². The van der Waals surface area contributed by atoms with Crippen molar-refractivity contribution in [1.82, 2.24) is 15.5 Å². The summed E-state index contributed by atoms with van der Waals surface area (Å²) in [5.74, 6) is -1.11. The number of carbonyl (C=O) groups is 3. The molecule has 1 atom stereocenters. The van der Waals surface area contributed by atoms with Crippen molar-refractivity contribution in [2.45, 2.75) is 25.8 Å². The Bertz CT molecular complexity index is 363. The van der Waals surface area contributed by atoms with Gasteiger partial charge >= 0.3 is 12.0 Å². The zero-order valence-electron chi connectivity index (χ0n) is 10.8. The van der Waals surface area contributed by atoms with Gasteiger partial charge in [0.15, 0.2) is 0 Å². The molecule has 7 nitrogen and oxygen atoms in total. The molecule has 0 aromatic heterocycles. The second-order valence-electron chi connectivity index (χ2n) is 4.87. The summed E-state index contributed by atoms with van der Waals surface area (Å²) in [5.41, 5.74) is -0.799. The minimum Gasteiger partial charge on any atom is -0.481 e. The van der Waals surface area contributed by atoms with Crippen molar-refractivity contribution in [1.29, 1.82) is 0 Å². The van der Waals surface area contributed by atoms with Gasteiger partial charge in [0.1, 0.15) is 6.04 Å². The number of rotatable bonds is 5. The van der Waals surface area contributed by atoms with E-state index in [2.05, 4.69) is 10.6 Å². The van der Waals surface area contributed by atoms with Gasteiger partial charge in [-0.15, -0.1) is 0 Å². The summed E-state index contributed by atoms with van der Waals surface area (Å²) in [5, 5.41) is 13.9. The summed E-state index contributed by atoms with van der Waals surface area (Å²) in [7, 11) is 3.20. The smallest absolute Gasteiger partial charge is 0.315 e. The Morgan fingerprint density at radius 1 is 1.33 bits per heavy atom. The fraction of sp³-hybridized carbons (Fsp3) is 0.727. The summed E-state index contributed by atoms with van der Waals surface area (Å²) in [6, 6.07) is -1.16. The van der Waals surface area contributed by atoms with E-state index in [1.165, 1.54) is 4.90 Å². The van der Waals surface area contributed by atoms with Gasteiger partial charge in [-0.25, -0.2) is 4.79 Å². The number of aliphatic carboxylic acids is 1. The first-order valence-corrected chi connectivity index (χ1v) is 5.77. The molecule has 18 heavy (non-hydrogen) atoms. The maximum Gasteiger partial charge on any atom is 0.315 e. The Morgan fingerprint density at radius 3 is 2.28 bits per heavy atom. The van der Waals surface area contributed by atoms with Crippen LogP contribution < -0.4 is 10.6 Å². The molecule has 0 heterocycles. The fourth-order valence-electron chi connectivity index (χ4n) is 1.56. The Hall–Kier alpha value is -1.79. The van der Waals surface area contributed by atoms with Crippen molar-refractivity contribution in [2.75, 3.05) is 20.6 Å². The standard InChI is InChI=1S/C11H19N3O4/c1-7(8(15)14(2)3)13-10(18)12-6-11(4-5-11)9(16)17/h7H,4-6H2,1-3H3,(H,16,17)(H2,12,13,18). The van der Waals surface area contributed by atoms with Crippen LogP contribution >= 0.6 is 0 Å². The lowest BCUT2D eigenvalue weighted by molar-refractivity contribution is -0.143. The number of hydrogen-bond donors (Lipinski definition) is 3. The lowest BCUT2D eigenvalue weighted by Crippen LogP contribution is -2.49. The Balaban J connectivity index is 2.34. The Kier molecular flexibility index (Phi) is 4.15. The first kappa shape index (κ1) is 14.3. The molecule has 7 heteroatoms. The average molecular weight is 257 g/mol. The quantitative estimate of drug-likeness (QED) is 0.625. The first-order valence-electron chi connectivity index (χ1n) is 5.77. The molecule has 0 aromatic rings. The van der Waals surface area contributed by atoms with Crippen molar-refractivity contribution in [3.8, 4) is 0 Å². The van der Waals surface area contributed by atoms with Crippen LogP contribution in [0.15, 0.2) is 0 Å². The number of likely N-dealkylation sites (N-methyl/N-ethyl adjacent to an activating group) is 1. The number of hydrogen-bond acceptors (Lipinski definition) is 3. The Morgan fingerprint density at radius 2 is 1.89 bits per heavy atom. The molecule has 1 fully saturated rings. The highest BCUT2D eigenvalue weighted by molar-refractivity contribution is 5.86. The van der Waals surface area contributed by atoms with Crippen LogP contribution in [0.1, 0.15) is 19.8 Å². The van der Waals surface area contributed by atoms with Crippen LogP contribution in [0.3, 0.4) is 0 Å². The minimum absolute atomic E-state index is 0.0943. The fourth-order valence-corrected chi connectivity index (χ4v) is 1.56. The monoisotopic (exact) mass is 257 g/mol. The zero-order chi connectivity index (χ0) is 13.9. The number of nitrogens with one attached hydrogen (secondary N) is 2. The highest BCUT2D eigenvalue weighted by Gasteiger charge is 2.50. The number of carbonyl (C=O) groups excluding carboxylic acids is 2. The third-order valence-electron chi connectivity index (χ3n) is 3.05. The van der Waals surface area contributed by atoms with Crippen LogP contribution in [0.4, 0.5) is 4.79 Å². The van der Waals surface area contributed by atoms with E-state index < -0.39 is 23.5 Å². The molecule has 3 amide bonds. The van der Waals surface area contributed by atoms with Crippen molar-refractivity contribution in [3.05, 3.63) is 0 Å². The molecule has 1 aliphatic carbocycles. The van der Waals surface area contributed by atoms with Gasteiger partial charge in [-0.1, -0.05) is 0 Å². The van der Waals surface area contributed by atoms with Crippen molar-refractivity contribution >= 4 is 17.9 Å². The normalized spacial score (nSPS) is 17.5. The van der Waals surface area contributed by atoms with Gasteiger partial charge in [-0.3, -0.25) is 9.59 Å². The molecule has 1 unspecified atom stereocenters. The van der Waals surface area contributed by atoms with Crippen molar-refractivity contribution in [2.24, 2.45) is 5.41 Å². The van der Waals surface area contributed by atoms with Gasteiger partial charge in [-0.05, 0) is 19.8 Å². The molecular formula is C11H19N3O4. The zero-order valence-corrected chi connectivity index (χ0v) is 10.8. The third-order valence-corrected chi connectivity index (χ3v) is 3.05. The predicted molar refractivity (Wildman–Crippen MR) is 64.0 cm³/mol. The summed E-state index contributed by atoms with van der Waals surface area (Å²) in [4.78, 5) is 35.2. The number of carboxylic acids is 1. The van der Waals surface area contributed by atoms with Crippen molar-refractivity contribution < 1.29 is 19.5 Å². The van der Waals surface area contributed by atoms with E-state index in [1.807, 2.05) is 0 Å². The topological polar surface area (TPSA) is 98.7 Å². The Labute approximate surface area is 106 Å². The van der Waals surface area contributed by atoms with Gasteiger partial charge in [0, 0.05) is 20.6 Å². The van der Waals surface area contributed by atoms with Gasteiger partial charge in [0.2, 0.25) is 5.91 Å². The van der Waals surface area contributed by atoms with Gasteiger partial charge < -0.3 is 20.6 Å². The predicted octanol–water partition coefficient (Wildman–Crippen LogP) is -0.373. The molecule has 0 saturated heterocycles. The molecule has 0 aliphatic heterocycles. The number of carboxylic acid groups (broad SMARTS) is 1. The minimum atomic E-state index is -0.889. The molecule has 1 saturated carbocycles. The van der Waals surface area contributed by atoms with Gasteiger partial charge in [0.25, 0.3) is 0 Å². The average Bonchev–Trinajstić information content (AvgIpc) is 3.06. The number of urea groups is 1. The summed E-state index contributed by atoms with van der Waals surface area (Å²) in [6.07, 6.45) is 1.16. The maximum absolute atomic E-state index is 11.5. The highest BCUT2D eigenvalue weighted by atomic mass is 16.4. The largest absolute Gasteiger partial charge is 0.481 e. The SMILES string of the molecule is CC(NC(=O)NCC1(C(=O)O)CC1)C(=O)N(C)C. The lowest BCUT2D eigenvalue weighted by atomic mass is 10.1. The van der Waals surface area contributed by atoms with E-state index in [4.69, 9.17) is 5.11 Å². The van der Waals surface area contributed by atoms with Crippen LogP contribution in [-0.2, 0) is 9.59 Å². The van der Waals surface area contributed by atoms with Crippen molar-refractivity contribution in [3.63, 3.8) is 0 Å². The second-order valence-corrected chi connectivity index (χ2v) is 4.87. The van der Waals surface area contributed by atoms with Crippen LogP contribution in [0.5, 0.6) is 0 Å². The molecule has 0 radical (unpaired) electrons. The molecule has 0 bridgehead atoms. The van der Waals surface area contributed by atoms with E-state index in [1.54, 1.807) is 21.0 Å².